The molecular weight excluding hydrogens is 238 g/mol. The maximum absolute atomic E-state index is 12.2. The van der Waals surface area contributed by atoms with E-state index in [1.54, 1.807) is 36.5 Å². The molecule has 2 aromatic rings. The SMILES string of the molecule is Cc1nccc(C(=O)Nc2ccccc2C#N)c1C. The first-order valence-corrected chi connectivity index (χ1v) is 5.86. The molecule has 2 rings (SSSR count). The van der Waals surface area contributed by atoms with E-state index in [1.807, 2.05) is 13.8 Å². The van der Waals surface area contributed by atoms with Crippen LogP contribution in [0, 0.1) is 25.2 Å². The van der Waals surface area contributed by atoms with Gasteiger partial charge >= 0.3 is 0 Å². The van der Waals surface area contributed by atoms with Crippen LogP contribution in [0.3, 0.4) is 0 Å². The summed E-state index contributed by atoms with van der Waals surface area (Å²) in [5.74, 6) is -0.231. The minimum Gasteiger partial charge on any atom is -0.321 e. The number of benzene rings is 1. The predicted molar refractivity (Wildman–Crippen MR) is 72.8 cm³/mol. The summed E-state index contributed by atoms with van der Waals surface area (Å²) < 4.78 is 0. The fraction of sp³-hybridized carbons (Fsp3) is 0.133. The Morgan fingerprint density at radius 2 is 2.00 bits per heavy atom. The van der Waals surface area contributed by atoms with Gasteiger partial charge in [0, 0.05) is 17.5 Å². The minimum absolute atomic E-state index is 0.231. The highest BCUT2D eigenvalue weighted by molar-refractivity contribution is 6.05. The van der Waals surface area contributed by atoms with Crippen molar-refractivity contribution in [3.8, 4) is 6.07 Å². The summed E-state index contributed by atoms with van der Waals surface area (Å²) in [6, 6.07) is 10.6. The fourth-order valence-corrected chi connectivity index (χ4v) is 1.77. The lowest BCUT2D eigenvalue weighted by Gasteiger charge is -2.09. The van der Waals surface area contributed by atoms with Gasteiger partial charge in [-0.1, -0.05) is 12.1 Å². The Morgan fingerprint density at radius 1 is 1.26 bits per heavy atom. The van der Waals surface area contributed by atoms with E-state index in [9.17, 15) is 4.79 Å². The van der Waals surface area contributed by atoms with Crippen molar-refractivity contribution in [3.63, 3.8) is 0 Å². The molecule has 1 aromatic carbocycles. The summed E-state index contributed by atoms with van der Waals surface area (Å²) in [6.45, 7) is 3.71. The monoisotopic (exact) mass is 251 g/mol. The van der Waals surface area contributed by atoms with Gasteiger partial charge in [-0.3, -0.25) is 9.78 Å². The van der Waals surface area contributed by atoms with Crippen LogP contribution in [0.2, 0.25) is 0 Å². The molecule has 0 bridgehead atoms. The zero-order valence-corrected chi connectivity index (χ0v) is 10.8. The molecule has 0 fully saturated rings. The topological polar surface area (TPSA) is 65.8 Å². The third kappa shape index (κ3) is 2.61. The predicted octanol–water partition coefficient (Wildman–Crippen LogP) is 2.82. The molecule has 0 saturated carbocycles. The number of anilines is 1. The van der Waals surface area contributed by atoms with E-state index in [4.69, 9.17) is 5.26 Å². The molecule has 0 atom stereocenters. The second-order valence-electron chi connectivity index (χ2n) is 4.18. The highest BCUT2D eigenvalue weighted by atomic mass is 16.1. The van der Waals surface area contributed by atoms with Crippen molar-refractivity contribution < 1.29 is 4.79 Å². The van der Waals surface area contributed by atoms with E-state index in [0.717, 1.165) is 11.3 Å². The van der Waals surface area contributed by atoms with Crippen molar-refractivity contribution in [2.24, 2.45) is 0 Å². The van der Waals surface area contributed by atoms with Crippen LogP contribution < -0.4 is 5.32 Å². The summed E-state index contributed by atoms with van der Waals surface area (Å²) in [4.78, 5) is 16.3. The first kappa shape index (κ1) is 12.8. The van der Waals surface area contributed by atoms with Crippen molar-refractivity contribution in [1.29, 1.82) is 5.26 Å². The Labute approximate surface area is 111 Å². The molecule has 0 aliphatic heterocycles. The third-order valence-corrected chi connectivity index (χ3v) is 3.00. The Hall–Kier alpha value is -2.67. The lowest BCUT2D eigenvalue weighted by molar-refractivity contribution is 0.102. The van der Waals surface area contributed by atoms with Gasteiger partial charge in [-0.25, -0.2) is 0 Å². The molecule has 19 heavy (non-hydrogen) atoms. The van der Waals surface area contributed by atoms with Gasteiger partial charge in [-0.05, 0) is 37.6 Å². The second kappa shape index (κ2) is 5.32. The lowest BCUT2D eigenvalue weighted by atomic mass is 10.1. The summed E-state index contributed by atoms with van der Waals surface area (Å²) in [5.41, 5.74) is 3.19. The average Bonchev–Trinajstić information content (AvgIpc) is 2.42. The number of pyridine rings is 1. The number of carbonyl (C=O) groups is 1. The van der Waals surface area contributed by atoms with E-state index < -0.39 is 0 Å². The van der Waals surface area contributed by atoms with Crippen molar-refractivity contribution >= 4 is 11.6 Å². The first-order valence-electron chi connectivity index (χ1n) is 5.86. The molecule has 1 heterocycles. The van der Waals surface area contributed by atoms with Crippen molar-refractivity contribution in [3.05, 3.63) is 58.9 Å². The summed E-state index contributed by atoms with van der Waals surface area (Å²) in [6.07, 6.45) is 1.60. The molecule has 0 radical (unpaired) electrons. The van der Waals surface area contributed by atoms with Gasteiger partial charge in [0.2, 0.25) is 0 Å². The van der Waals surface area contributed by atoms with E-state index >= 15 is 0 Å². The number of hydrogen-bond acceptors (Lipinski definition) is 3. The molecule has 1 amide bonds. The Morgan fingerprint density at radius 3 is 2.74 bits per heavy atom. The van der Waals surface area contributed by atoms with Gasteiger partial charge in [0.25, 0.3) is 5.91 Å². The van der Waals surface area contributed by atoms with Crippen LogP contribution in [0.1, 0.15) is 27.2 Å². The quantitative estimate of drug-likeness (QED) is 0.892. The third-order valence-electron chi connectivity index (χ3n) is 3.00. The number of rotatable bonds is 2. The fourth-order valence-electron chi connectivity index (χ4n) is 1.77. The second-order valence-corrected chi connectivity index (χ2v) is 4.18. The number of amides is 1. The van der Waals surface area contributed by atoms with Crippen LogP contribution in [-0.4, -0.2) is 10.9 Å². The zero-order chi connectivity index (χ0) is 13.8. The van der Waals surface area contributed by atoms with E-state index in [2.05, 4.69) is 16.4 Å². The number of hydrogen-bond donors (Lipinski definition) is 1. The maximum Gasteiger partial charge on any atom is 0.256 e. The number of nitriles is 1. The van der Waals surface area contributed by atoms with Gasteiger partial charge < -0.3 is 5.32 Å². The minimum atomic E-state index is -0.231. The summed E-state index contributed by atoms with van der Waals surface area (Å²) in [5, 5.41) is 11.7. The largest absolute Gasteiger partial charge is 0.321 e. The smallest absolute Gasteiger partial charge is 0.256 e. The molecule has 1 aromatic heterocycles. The first-order chi connectivity index (χ1) is 9.13. The Bertz CT molecular complexity index is 671. The summed E-state index contributed by atoms with van der Waals surface area (Å²) >= 11 is 0. The van der Waals surface area contributed by atoms with Crippen LogP contribution in [-0.2, 0) is 0 Å². The number of carbonyl (C=O) groups excluding carboxylic acids is 1. The highest BCUT2D eigenvalue weighted by Gasteiger charge is 2.12. The standard InChI is InChI=1S/C15H13N3O/c1-10-11(2)17-8-7-13(10)15(19)18-14-6-4-3-5-12(14)9-16/h3-8H,1-2H3,(H,18,19). The van der Waals surface area contributed by atoms with Crippen LogP contribution in [0.15, 0.2) is 36.5 Å². The normalized spacial score (nSPS) is 9.74. The van der Waals surface area contributed by atoms with Crippen LogP contribution >= 0.6 is 0 Å². The van der Waals surface area contributed by atoms with E-state index in [-0.39, 0.29) is 5.91 Å². The molecule has 1 N–H and O–H groups in total. The Balaban J connectivity index is 2.32. The van der Waals surface area contributed by atoms with Crippen LogP contribution in [0.5, 0.6) is 0 Å². The Kier molecular flexibility index (Phi) is 3.58. The number of aromatic nitrogens is 1. The van der Waals surface area contributed by atoms with Crippen molar-refractivity contribution in [2.45, 2.75) is 13.8 Å². The molecule has 94 valence electrons. The summed E-state index contributed by atoms with van der Waals surface area (Å²) in [7, 11) is 0. The molecule has 4 heteroatoms. The molecule has 0 aliphatic rings. The molecule has 0 aliphatic carbocycles. The molecule has 0 spiro atoms. The van der Waals surface area contributed by atoms with Gasteiger partial charge in [0.15, 0.2) is 0 Å². The number of nitrogens with zero attached hydrogens (tertiary/aromatic N) is 2. The number of para-hydroxylation sites is 1. The van der Waals surface area contributed by atoms with Crippen LogP contribution in [0.4, 0.5) is 5.69 Å². The molecule has 4 nitrogen and oxygen atoms in total. The number of aryl methyl sites for hydroxylation is 1. The van der Waals surface area contributed by atoms with Gasteiger partial charge in [0.05, 0.1) is 11.3 Å². The zero-order valence-electron chi connectivity index (χ0n) is 10.8. The lowest BCUT2D eigenvalue weighted by Crippen LogP contribution is -2.15. The van der Waals surface area contributed by atoms with Crippen molar-refractivity contribution in [1.82, 2.24) is 4.98 Å². The van der Waals surface area contributed by atoms with Gasteiger partial charge in [-0.2, -0.15) is 5.26 Å². The molecule has 0 saturated heterocycles. The molecule has 0 unspecified atom stereocenters. The molecular formula is C15H13N3O. The number of nitrogens with one attached hydrogen (secondary N) is 1. The maximum atomic E-state index is 12.2. The van der Waals surface area contributed by atoms with Crippen molar-refractivity contribution in [2.75, 3.05) is 5.32 Å². The van der Waals surface area contributed by atoms with E-state index in [1.165, 1.54) is 0 Å². The van der Waals surface area contributed by atoms with Crippen LogP contribution in [0.25, 0.3) is 0 Å². The van der Waals surface area contributed by atoms with E-state index in [0.29, 0.717) is 16.8 Å². The van der Waals surface area contributed by atoms with Gasteiger partial charge in [0.1, 0.15) is 6.07 Å². The average molecular weight is 251 g/mol. The van der Waals surface area contributed by atoms with Gasteiger partial charge in [-0.15, -0.1) is 0 Å². The highest BCUT2D eigenvalue weighted by Crippen LogP contribution is 2.17.